The molecule has 0 saturated carbocycles. The average molecular weight is 313 g/mol. The zero-order valence-corrected chi connectivity index (χ0v) is 13.2. The molecule has 0 unspecified atom stereocenters. The first-order valence-corrected chi connectivity index (χ1v) is 7.59. The molecule has 2 aromatic rings. The van der Waals surface area contributed by atoms with E-state index in [1.807, 2.05) is 37.3 Å². The van der Waals surface area contributed by atoms with Crippen molar-refractivity contribution in [2.24, 2.45) is 0 Å². The Morgan fingerprint density at radius 1 is 1.17 bits per heavy atom. The van der Waals surface area contributed by atoms with Crippen molar-refractivity contribution in [3.63, 3.8) is 0 Å². The summed E-state index contributed by atoms with van der Waals surface area (Å²) in [6.45, 7) is 2.86. The molecule has 0 spiro atoms. The van der Waals surface area contributed by atoms with Crippen molar-refractivity contribution < 1.29 is 19.0 Å². The van der Waals surface area contributed by atoms with Crippen LogP contribution in [-0.4, -0.2) is 26.4 Å². The van der Waals surface area contributed by atoms with Gasteiger partial charge in [-0.1, -0.05) is 25.1 Å². The first-order chi connectivity index (χ1) is 11.2. The molecule has 1 N–H and O–H groups in total. The van der Waals surface area contributed by atoms with Crippen molar-refractivity contribution in [2.45, 2.75) is 13.3 Å². The van der Waals surface area contributed by atoms with Crippen LogP contribution in [0.3, 0.4) is 0 Å². The van der Waals surface area contributed by atoms with Crippen LogP contribution < -0.4 is 19.5 Å². The molecule has 5 heteroatoms. The second-order valence-corrected chi connectivity index (χ2v) is 5.21. The molecular formula is C18H19NO4. The Hall–Kier alpha value is -2.69. The van der Waals surface area contributed by atoms with Gasteiger partial charge in [-0.3, -0.25) is 4.79 Å². The van der Waals surface area contributed by atoms with Crippen LogP contribution in [0.4, 0.5) is 0 Å². The van der Waals surface area contributed by atoms with E-state index in [9.17, 15) is 4.79 Å². The lowest BCUT2D eigenvalue weighted by Gasteiger charge is -2.14. The Bertz CT molecular complexity index is 727. The lowest BCUT2D eigenvalue weighted by atomic mass is 9.97. The maximum absolute atomic E-state index is 12.4. The van der Waals surface area contributed by atoms with Crippen molar-refractivity contribution in [1.82, 2.24) is 5.32 Å². The molecule has 1 amide bonds. The van der Waals surface area contributed by atoms with Crippen LogP contribution in [0.5, 0.6) is 17.2 Å². The van der Waals surface area contributed by atoms with Crippen LogP contribution in [0.1, 0.15) is 23.7 Å². The molecule has 1 heterocycles. The molecule has 3 rings (SSSR count). The number of hydrogen-bond acceptors (Lipinski definition) is 4. The molecule has 0 saturated heterocycles. The summed E-state index contributed by atoms with van der Waals surface area (Å²) < 4.78 is 16.3. The third-order valence-corrected chi connectivity index (χ3v) is 3.69. The van der Waals surface area contributed by atoms with Crippen LogP contribution in [-0.2, 0) is 0 Å². The van der Waals surface area contributed by atoms with E-state index in [1.54, 1.807) is 13.2 Å². The zero-order chi connectivity index (χ0) is 16.2. The van der Waals surface area contributed by atoms with E-state index in [2.05, 4.69) is 5.32 Å². The largest absolute Gasteiger partial charge is 0.496 e. The summed E-state index contributed by atoms with van der Waals surface area (Å²) in [5, 5.41) is 2.91. The van der Waals surface area contributed by atoms with Gasteiger partial charge in [-0.05, 0) is 24.1 Å². The molecule has 0 fully saturated rings. The molecule has 23 heavy (non-hydrogen) atoms. The fourth-order valence-electron chi connectivity index (χ4n) is 2.55. The van der Waals surface area contributed by atoms with E-state index in [4.69, 9.17) is 14.2 Å². The van der Waals surface area contributed by atoms with Gasteiger partial charge >= 0.3 is 0 Å². The number of hydrogen-bond donors (Lipinski definition) is 1. The Morgan fingerprint density at radius 3 is 2.65 bits per heavy atom. The van der Waals surface area contributed by atoms with Crippen LogP contribution in [0.15, 0.2) is 36.4 Å². The molecule has 120 valence electrons. The van der Waals surface area contributed by atoms with Crippen LogP contribution in [0.25, 0.3) is 11.1 Å². The van der Waals surface area contributed by atoms with Gasteiger partial charge in [-0.25, -0.2) is 0 Å². The highest BCUT2D eigenvalue weighted by atomic mass is 16.7. The van der Waals surface area contributed by atoms with Crippen LogP contribution in [0.2, 0.25) is 0 Å². The number of amides is 1. The molecule has 0 atom stereocenters. The minimum atomic E-state index is -0.0952. The second-order valence-electron chi connectivity index (χ2n) is 5.21. The number of rotatable bonds is 5. The summed E-state index contributed by atoms with van der Waals surface area (Å²) in [6.07, 6.45) is 0.890. The van der Waals surface area contributed by atoms with E-state index >= 15 is 0 Å². The van der Waals surface area contributed by atoms with E-state index < -0.39 is 0 Å². The highest BCUT2D eigenvalue weighted by Crippen LogP contribution is 2.43. The average Bonchev–Trinajstić information content (AvgIpc) is 3.05. The maximum atomic E-state index is 12.4. The van der Waals surface area contributed by atoms with Gasteiger partial charge < -0.3 is 19.5 Å². The minimum Gasteiger partial charge on any atom is -0.496 e. The van der Waals surface area contributed by atoms with Crippen molar-refractivity contribution in [3.8, 4) is 28.4 Å². The Labute approximate surface area is 135 Å². The van der Waals surface area contributed by atoms with Crippen LogP contribution >= 0.6 is 0 Å². The van der Waals surface area contributed by atoms with Crippen molar-refractivity contribution in [3.05, 3.63) is 42.0 Å². The van der Waals surface area contributed by atoms with Gasteiger partial charge in [-0.2, -0.15) is 0 Å². The van der Waals surface area contributed by atoms with Gasteiger partial charge in [0.05, 0.1) is 7.11 Å². The van der Waals surface area contributed by atoms with Gasteiger partial charge in [0, 0.05) is 23.7 Å². The van der Waals surface area contributed by atoms with Gasteiger partial charge in [0.1, 0.15) is 5.75 Å². The molecule has 0 aliphatic carbocycles. The Morgan fingerprint density at radius 2 is 1.91 bits per heavy atom. The summed E-state index contributed by atoms with van der Waals surface area (Å²) in [5.74, 6) is 1.86. The van der Waals surface area contributed by atoms with E-state index in [1.165, 1.54) is 0 Å². The first-order valence-electron chi connectivity index (χ1n) is 7.59. The third kappa shape index (κ3) is 2.95. The summed E-state index contributed by atoms with van der Waals surface area (Å²) >= 11 is 0. The number of carbonyl (C=O) groups excluding carboxylic acids is 1. The lowest BCUT2D eigenvalue weighted by molar-refractivity contribution is 0.0954. The fourth-order valence-corrected chi connectivity index (χ4v) is 2.55. The van der Waals surface area contributed by atoms with Gasteiger partial charge in [0.25, 0.3) is 5.91 Å². The fraction of sp³-hybridized carbons (Fsp3) is 0.278. The number of fused-ring (bicyclic) bond motifs is 1. The number of methoxy groups -OCH3 is 1. The normalized spacial score (nSPS) is 12.1. The Balaban J connectivity index is 2.07. The summed E-state index contributed by atoms with van der Waals surface area (Å²) in [6, 6.07) is 11.1. The quantitative estimate of drug-likeness (QED) is 0.921. The summed E-state index contributed by atoms with van der Waals surface area (Å²) in [5.41, 5.74) is 2.22. The smallest absolute Gasteiger partial charge is 0.251 e. The molecule has 0 aromatic heterocycles. The SMILES string of the molecule is CCCNC(=O)c1ccccc1-c1cc2c(cc1OC)OCO2. The lowest BCUT2D eigenvalue weighted by Crippen LogP contribution is -2.24. The van der Waals surface area contributed by atoms with E-state index in [0.29, 0.717) is 29.4 Å². The van der Waals surface area contributed by atoms with Crippen molar-refractivity contribution in [1.29, 1.82) is 0 Å². The molecular weight excluding hydrogens is 294 g/mol. The molecule has 0 radical (unpaired) electrons. The molecule has 1 aliphatic heterocycles. The Kier molecular flexibility index (Phi) is 4.37. The predicted molar refractivity (Wildman–Crippen MR) is 87.2 cm³/mol. The highest BCUT2D eigenvalue weighted by Gasteiger charge is 2.21. The highest BCUT2D eigenvalue weighted by molar-refractivity contribution is 6.01. The number of nitrogens with one attached hydrogen (secondary N) is 1. The number of carbonyl (C=O) groups is 1. The molecule has 0 bridgehead atoms. The summed E-state index contributed by atoms with van der Waals surface area (Å²) in [4.78, 5) is 12.4. The summed E-state index contributed by atoms with van der Waals surface area (Å²) in [7, 11) is 1.60. The van der Waals surface area contributed by atoms with E-state index in [-0.39, 0.29) is 12.7 Å². The molecule has 1 aliphatic rings. The third-order valence-electron chi connectivity index (χ3n) is 3.69. The molecule has 2 aromatic carbocycles. The topological polar surface area (TPSA) is 56.8 Å². The van der Waals surface area contributed by atoms with Crippen molar-refractivity contribution >= 4 is 5.91 Å². The van der Waals surface area contributed by atoms with Crippen LogP contribution in [0, 0.1) is 0 Å². The van der Waals surface area contributed by atoms with Crippen molar-refractivity contribution in [2.75, 3.05) is 20.4 Å². The van der Waals surface area contributed by atoms with Gasteiger partial charge in [0.2, 0.25) is 6.79 Å². The standard InChI is InChI=1S/C18H19NO4/c1-3-8-19-18(20)13-7-5-4-6-12(13)14-9-16-17(23-11-22-16)10-15(14)21-2/h4-7,9-10H,3,8,11H2,1-2H3,(H,19,20). The minimum absolute atomic E-state index is 0.0952. The second kappa shape index (κ2) is 6.60. The van der Waals surface area contributed by atoms with Gasteiger partial charge in [0.15, 0.2) is 11.5 Å². The van der Waals surface area contributed by atoms with E-state index in [0.717, 1.165) is 17.5 Å². The molecule has 5 nitrogen and oxygen atoms in total. The van der Waals surface area contributed by atoms with Gasteiger partial charge in [-0.15, -0.1) is 0 Å². The first kappa shape index (κ1) is 15.2. The number of benzene rings is 2. The zero-order valence-electron chi connectivity index (χ0n) is 13.2. The monoisotopic (exact) mass is 313 g/mol. The maximum Gasteiger partial charge on any atom is 0.251 e. The predicted octanol–water partition coefficient (Wildman–Crippen LogP) is 3.23. The number of ether oxygens (including phenoxy) is 3.